The van der Waals surface area contributed by atoms with Gasteiger partial charge >= 0.3 is 0 Å². The first-order chi connectivity index (χ1) is 14.5. The number of hydrogen-bond donors (Lipinski definition) is 1. The van der Waals surface area contributed by atoms with E-state index < -0.39 is 16.1 Å². The fraction of sp³-hybridized carbons (Fsp3) is 0.409. The van der Waals surface area contributed by atoms with E-state index in [0.29, 0.717) is 24.6 Å². The number of aryl methyl sites for hydroxylation is 1. The topological polar surface area (TPSA) is 84.9 Å². The molecule has 0 saturated carbocycles. The minimum absolute atomic E-state index is 0.0355. The summed E-state index contributed by atoms with van der Waals surface area (Å²) in [4.78, 5) is 12.7. The molecule has 2 aromatic carbocycles. The van der Waals surface area contributed by atoms with E-state index in [0.717, 1.165) is 24.2 Å². The van der Waals surface area contributed by atoms with Crippen LogP contribution >= 0.6 is 0 Å². The van der Waals surface area contributed by atoms with Gasteiger partial charge in [0.15, 0.2) is 6.10 Å². The molecule has 0 unspecified atom stereocenters. The number of nitrogens with zero attached hydrogens (tertiary/aromatic N) is 1. The van der Waals surface area contributed by atoms with E-state index in [1.165, 1.54) is 4.31 Å². The summed E-state index contributed by atoms with van der Waals surface area (Å²) in [5, 5.41) is 2.87. The van der Waals surface area contributed by atoms with E-state index in [-0.39, 0.29) is 18.2 Å². The molecular weight excluding hydrogens is 404 g/mol. The smallest absolute Gasteiger partial charge is 0.263 e. The maximum atomic E-state index is 12.7. The van der Waals surface area contributed by atoms with Crippen LogP contribution in [0.1, 0.15) is 25.8 Å². The van der Waals surface area contributed by atoms with Crippen LogP contribution in [0.2, 0.25) is 0 Å². The van der Waals surface area contributed by atoms with E-state index in [4.69, 9.17) is 9.47 Å². The first kappa shape index (κ1) is 22.0. The largest absolute Gasteiger partial charge is 0.494 e. The van der Waals surface area contributed by atoms with Crippen LogP contribution < -0.4 is 19.1 Å². The van der Waals surface area contributed by atoms with Crippen LogP contribution in [0.25, 0.3) is 0 Å². The number of amides is 1. The second-order valence-corrected chi connectivity index (χ2v) is 9.12. The molecule has 30 heavy (non-hydrogen) atoms. The lowest BCUT2D eigenvalue weighted by Crippen LogP contribution is -2.51. The zero-order valence-electron chi connectivity index (χ0n) is 17.3. The van der Waals surface area contributed by atoms with Crippen molar-refractivity contribution in [1.29, 1.82) is 0 Å². The third kappa shape index (κ3) is 5.05. The van der Waals surface area contributed by atoms with Gasteiger partial charge in [0.25, 0.3) is 5.91 Å². The van der Waals surface area contributed by atoms with Crippen LogP contribution in [0, 0.1) is 0 Å². The predicted molar refractivity (Wildman–Crippen MR) is 117 cm³/mol. The van der Waals surface area contributed by atoms with Crippen molar-refractivity contribution in [2.45, 2.75) is 32.8 Å². The molecule has 7 nitrogen and oxygen atoms in total. The molecule has 0 radical (unpaired) electrons. The summed E-state index contributed by atoms with van der Waals surface area (Å²) in [6.07, 6.45) is 0.606. The maximum Gasteiger partial charge on any atom is 0.263 e. The maximum absolute atomic E-state index is 12.7. The summed E-state index contributed by atoms with van der Waals surface area (Å²) in [7, 11) is -3.51. The summed E-state index contributed by atoms with van der Waals surface area (Å²) < 4.78 is 37.7. The number of para-hydroxylation sites is 3. The van der Waals surface area contributed by atoms with Crippen molar-refractivity contribution in [2.75, 3.05) is 29.8 Å². The quantitative estimate of drug-likeness (QED) is 0.616. The molecule has 1 heterocycles. The first-order valence-electron chi connectivity index (χ1n) is 10.2. The highest BCUT2D eigenvalue weighted by molar-refractivity contribution is 7.92. The molecule has 1 amide bonds. The van der Waals surface area contributed by atoms with Gasteiger partial charge in [0.05, 0.1) is 24.6 Å². The van der Waals surface area contributed by atoms with E-state index >= 15 is 0 Å². The Labute approximate surface area is 178 Å². The van der Waals surface area contributed by atoms with Crippen LogP contribution in [-0.2, 0) is 21.2 Å². The van der Waals surface area contributed by atoms with Gasteiger partial charge in [0.2, 0.25) is 10.0 Å². The van der Waals surface area contributed by atoms with Gasteiger partial charge < -0.3 is 14.8 Å². The van der Waals surface area contributed by atoms with Crippen LogP contribution in [0.15, 0.2) is 48.5 Å². The molecule has 0 fully saturated rings. The Morgan fingerprint density at radius 3 is 2.67 bits per heavy atom. The molecule has 162 valence electrons. The fourth-order valence-electron chi connectivity index (χ4n) is 3.37. The van der Waals surface area contributed by atoms with Crippen molar-refractivity contribution >= 4 is 21.6 Å². The first-order valence-corrected chi connectivity index (χ1v) is 11.8. The molecule has 1 aliphatic rings. The lowest BCUT2D eigenvalue weighted by atomic mass is 10.1. The SMILES string of the molecule is CCOc1ccccc1CCCNC(=O)[C@H]1CN(S(=O)(=O)CC)c2ccccc2O1. The van der Waals surface area contributed by atoms with Crippen LogP contribution in [0.5, 0.6) is 11.5 Å². The molecular formula is C22H28N2O5S. The Morgan fingerprint density at radius 2 is 1.90 bits per heavy atom. The molecule has 0 bridgehead atoms. The highest BCUT2D eigenvalue weighted by Gasteiger charge is 2.35. The number of fused-ring (bicyclic) bond motifs is 1. The number of ether oxygens (including phenoxy) is 2. The number of rotatable bonds is 9. The van der Waals surface area contributed by atoms with Crippen molar-refractivity contribution in [3.05, 3.63) is 54.1 Å². The average Bonchev–Trinajstić information content (AvgIpc) is 2.77. The number of sulfonamides is 1. The standard InChI is InChI=1S/C22H28N2O5S/c1-3-28-19-13-7-5-10-17(19)11-9-15-23-22(25)21-16-24(30(26,27)4-2)18-12-6-8-14-20(18)29-21/h5-8,10,12-14,21H,3-4,9,11,15-16H2,1-2H3,(H,23,25)/t21-/m1/s1. The van der Waals surface area contributed by atoms with Gasteiger partial charge in [-0.05, 0) is 50.5 Å². The molecule has 0 aliphatic carbocycles. The van der Waals surface area contributed by atoms with Crippen LogP contribution in [0.3, 0.4) is 0 Å². The van der Waals surface area contributed by atoms with Gasteiger partial charge in [-0.3, -0.25) is 9.10 Å². The molecule has 1 aliphatic heterocycles. The number of benzene rings is 2. The predicted octanol–water partition coefficient (Wildman–Crippen LogP) is 2.75. The number of nitrogens with one attached hydrogen (secondary N) is 1. The summed E-state index contributed by atoms with van der Waals surface area (Å²) in [5.41, 5.74) is 1.56. The second-order valence-electron chi connectivity index (χ2n) is 6.94. The molecule has 0 saturated heterocycles. The average molecular weight is 433 g/mol. The van der Waals surface area contributed by atoms with Crippen molar-refractivity contribution in [2.24, 2.45) is 0 Å². The van der Waals surface area contributed by atoms with Gasteiger partial charge in [-0.1, -0.05) is 30.3 Å². The summed E-state index contributed by atoms with van der Waals surface area (Å²) >= 11 is 0. The molecule has 0 aromatic heterocycles. The van der Waals surface area contributed by atoms with Gasteiger partial charge in [0, 0.05) is 6.54 Å². The van der Waals surface area contributed by atoms with Gasteiger partial charge in [-0.15, -0.1) is 0 Å². The number of hydrogen-bond acceptors (Lipinski definition) is 5. The third-order valence-corrected chi connectivity index (χ3v) is 6.67. The van der Waals surface area contributed by atoms with Gasteiger partial charge in [-0.2, -0.15) is 0 Å². The van der Waals surface area contributed by atoms with Crippen molar-refractivity contribution < 1.29 is 22.7 Å². The zero-order chi connectivity index (χ0) is 21.6. The summed E-state index contributed by atoms with van der Waals surface area (Å²) in [5.74, 6) is 0.888. The Bertz CT molecular complexity index is 977. The molecule has 8 heteroatoms. The highest BCUT2D eigenvalue weighted by Crippen LogP contribution is 2.35. The fourth-order valence-corrected chi connectivity index (χ4v) is 4.49. The second kappa shape index (κ2) is 9.84. The van der Waals surface area contributed by atoms with E-state index in [9.17, 15) is 13.2 Å². The molecule has 3 rings (SSSR count). The lowest BCUT2D eigenvalue weighted by Gasteiger charge is -2.34. The Kier molecular flexibility index (Phi) is 7.20. The Balaban J connectivity index is 1.60. The Hall–Kier alpha value is -2.74. The zero-order valence-corrected chi connectivity index (χ0v) is 18.2. The van der Waals surface area contributed by atoms with Crippen molar-refractivity contribution in [3.63, 3.8) is 0 Å². The molecule has 0 spiro atoms. The lowest BCUT2D eigenvalue weighted by molar-refractivity contribution is -0.127. The highest BCUT2D eigenvalue weighted by atomic mass is 32.2. The number of carbonyl (C=O) groups excluding carboxylic acids is 1. The number of anilines is 1. The Morgan fingerprint density at radius 1 is 1.17 bits per heavy atom. The van der Waals surface area contributed by atoms with Crippen LogP contribution in [0.4, 0.5) is 5.69 Å². The number of carbonyl (C=O) groups is 1. The minimum Gasteiger partial charge on any atom is -0.494 e. The normalized spacial score (nSPS) is 15.8. The van der Waals surface area contributed by atoms with E-state index in [1.807, 2.05) is 31.2 Å². The van der Waals surface area contributed by atoms with Crippen LogP contribution in [-0.4, -0.2) is 45.9 Å². The van der Waals surface area contributed by atoms with E-state index in [2.05, 4.69) is 5.32 Å². The molecule has 2 aromatic rings. The van der Waals surface area contributed by atoms with Crippen molar-refractivity contribution in [1.82, 2.24) is 5.32 Å². The molecule has 1 N–H and O–H groups in total. The summed E-state index contributed by atoms with van der Waals surface area (Å²) in [6.45, 7) is 4.56. The summed E-state index contributed by atoms with van der Waals surface area (Å²) in [6, 6.07) is 14.7. The van der Waals surface area contributed by atoms with Crippen molar-refractivity contribution in [3.8, 4) is 11.5 Å². The van der Waals surface area contributed by atoms with Gasteiger partial charge in [0.1, 0.15) is 11.5 Å². The molecule has 1 atom stereocenters. The third-order valence-electron chi connectivity index (χ3n) is 4.92. The van der Waals surface area contributed by atoms with E-state index in [1.54, 1.807) is 31.2 Å². The minimum atomic E-state index is -3.51. The monoisotopic (exact) mass is 432 g/mol. The van der Waals surface area contributed by atoms with Gasteiger partial charge in [-0.25, -0.2) is 8.42 Å².